The van der Waals surface area contributed by atoms with Gasteiger partial charge in [-0.25, -0.2) is 4.79 Å². The van der Waals surface area contributed by atoms with E-state index >= 15 is 0 Å². The van der Waals surface area contributed by atoms with Gasteiger partial charge in [-0.15, -0.1) is 0 Å². The highest BCUT2D eigenvalue weighted by Crippen LogP contribution is 2.23. The van der Waals surface area contributed by atoms with Crippen LogP contribution in [0.25, 0.3) is 0 Å². The van der Waals surface area contributed by atoms with Crippen LogP contribution < -0.4 is 10.6 Å². The molecule has 26 heavy (non-hydrogen) atoms. The molecule has 1 aromatic carbocycles. The summed E-state index contributed by atoms with van der Waals surface area (Å²) < 4.78 is 5.76. The van der Waals surface area contributed by atoms with Crippen LogP contribution in [0.4, 0.5) is 10.5 Å². The van der Waals surface area contributed by atoms with E-state index in [0.717, 1.165) is 18.7 Å². The summed E-state index contributed by atoms with van der Waals surface area (Å²) in [6.45, 7) is 13.1. The van der Waals surface area contributed by atoms with Crippen LogP contribution in [0.2, 0.25) is 0 Å². The van der Waals surface area contributed by atoms with Gasteiger partial charge < -0.3 is 15.4 Å². The third-order valence-electron chi connectivity index (χ3n) is 4.66. The van der Waals surface area contributed by atoms with Gasteiger partial charge >= 0.3 is 6.03 Å². The monoisotopic (exact) mass is 362 g/mol. The molecule has 4 nitrogen and oxygen atoms in total. The molecule has 0 bridgehead atoms. The molecular formula is C22H38N2O2. The molecule has 0 saturated carbocycles. The van der Waals surface area contributed by atoms with Crippen LogP contribution in [-0.4, -0.2) is 25.8 Å². The minimum absolute atomic E-state index is 0.119. The number of unbranched alkanes of at least 4 members (excludes halogenated alkanes) is 1. The summed E-state index contributed by atoms with van der Waals surface area (Å²) in [5.74, 6) is 0.669. The van der Waals surface area contributed by atoms with Gasteiger partial charge in [0.15, 0.2) is 0 Å². The van der Waals surface area contributed by atoms with Crippen molar-refractivity contribution in [2.45, 2.75) is 72.1 Å². The molecule has 1 aromatic rings. The first kappa shape index (κ1) is 22.5. The molecule has 1 rings (SSSR count). The molecule has 0 saturated heterocycles. The van der Waals surface area contributed by atoms with Crippen LogP contribution in [0.3, 0.4) is 0 Å². The Kier molecular flexibility index (Phi) is 10.3. The van der Waals surface area contributed by atoms with E-state index in [1.807, 2.05) is 12.1 Å². The van der Waals surface area contributed by atoms with Crippen LogP contribution in [-0.2, 0) is 10.2 Å². The summed E-state index contributed by atoms with van der Waals surface area (Å²) >= 11 is 0. The molecule has 0 fully saturated rings. The molecule has 4 heteroatoms. The van der Waals surface area contributed by atoms with Gasteiger partial charge in [-0.1, -0.05) is 66.0 Å². The Labute approximate surface area is 160 Å². The van der Waals surface area contributed by atoms with E-state index in [9.17, 15) is 4.79 Å². The molecule has 2 amide bonds. The standard InChI is InChI=1S/C22H38N2O2/c1-6-8-10-18(7-2)17-26-16-9-15-23-21(25)24-20-13-11-19(12-14-20)22(3,4)5/h11-14,18H,6-10,15-17H2,1-5H3,(H2,23,24,25). The average Bonchev–Trinajstić information content (AvgIpc) is 2.60. The van der Waals surface area contributed by atoms with Gasteiger partial charge in [-0.3, -0.25) is 0 Å². The van der Waals surface area contributed by atoms with E-state index in [0.29, 0.717) is 19.1 Å². The number of carbonyl (C=O) groups excluding carboxylic acids is 1. The molecule has 0 aliphatic carbocycles. The van der Waals surface area contributed by atoms with Gasteiger partial charge in [0.2, 0.25) is 0 Å². The number of rotatable bonds is 11. The lowest BCUT2D eigenvalue weighted by Gasteiger charge is -2.19. The summed E-state index contributed by atoms with van der Waals surface area (Å²) in [5.41, 5.74) is 2.19. The summed E-state index contributed by atoms with van der Waals surface area (Å²) in [4.78, 5) is 11.9. The van der Waals surface area contributed by atoms with Crippen molar-refractivity contribution in [1.29, 1.82) is 0 Å². The fourth-order valence-electron chi connectivity index (χ4n) is 2.75. The van der Waals surface area contributed by atoms with Crippen molar-refractivity contribution in [2.24, 2.45) is 5.92 Å². The first-order chi connectivity index (χ1) is 12.4. The van der Waals surface area contributed by atoms with E-state index in [1.165, 1.54) is 31.2 Å². The van der Waals surface area contributed by atoms with Gasteiger partial charge in [0.1, 0.15) is 0 Å². The Hall–Kier alpha value is -1.55. The maximum atomic E-state index is 11.9. The number of carbonyl (C=O) groups is 1. The second-order valence-corrected chi connectivity index (χ2v) is 8.05. The molecule has 0 spiro atoms. The van der Waals surface area contributed by atoms with Crippen LogP contribution in [0.5, 0.6) is 0 Å². The van der Waals surface area contributed by atoms with E-state index in [2.05, 4.69) is 57.4 Å². The van der Waals surface area contributed by atoms with Gasteiger partial charge in [-0.2, -0.15) is 0 Å². The minimum atomic E-state index is -0.164. The Balaban J connectivity index is 2.17. The number of hydrogen-bond acceptors (Lipinski definition) is 2. The molecular weight excluding hydrogens is 324 g/mol. The summed E-state index contributed by atoms with van der Waals surface area (Å²) in [6.07, 6.45) is 5.78. The molecule has 0 aliphatic rings. The zero-order valence-electron chi connectivity index (χ0n) is 17.4. The van der Waals surface area contributed by atoms with Gasteiger partial charge in [0.05, 0.1) is 0 Å². The Morgan fingerprint density at radius 1 is 1.12 bits per heavy atom. The molecule has 1 unspecified atom stereocenters. The fourth-order valence-corrected chi connectivity index (χ4v) is 2.75. The summed E-state index contributed by atoms with van der Waals surface area (Å²) in [7, 11) is 0. The van der Waals surface area contributed by atoms with Crippen LogP contribution in [0.15, 0.2) is 24.3 Å². The van der Waals surface area contributed by atoms with Crippen molar-refractivity contribution < 1.29 is 9.53 Å². The van der Waals surface area contributed by atoms with Gasteiger partial charge in [0.25, 0.3) is 0 Å². The van der Waals surface area contributed by atoms with Crippen LogP contribution in [0.1, 0.15) is 72.3 Å². The fraction of sp³-hybridized carbons (Fsp3) is 0.682. The predicted molar refractivity (Wildman–Crippen MR) is 111 cm³/mol. The third-order valence-corrected chi connectivity index (χ3v) is 4.66. The number of amides is 2. The van der Waals surface area contributed by atoms with E-state index in [-0.39, 0.29) is 11.4 Å². The smallest absolute Gasteiger partial charge is 0.319 e. The topological polar surface area (TPSA) is 50.4 Å². The van der Waals surface area contributed by atoms with Crippen LogP contribution in [0, 0.1) is 5.92 Å². The number of anilines is 1. The lowest BCUT2D eigenvalue weighted by molar-refractivity contribution is 0.0925. The first-order valence-corrected chi connectivity index (χ1v) is 10.1. The maximum absolute atomic E-state index is 11.9. The molecule has 0 aliphatic heterocycles. The summed E-state index contributed by atoms with van der Waals surface area (Å²) in [6, 6.07) is 7.86. The number of urea groups is 1. The van der Waals surface area contributed by atoms with Crippen molar-refractivity contribution in [1.82, 2.24) is 5.32 Å². The number of ether oxygens (including phenoxy) is 1. The van der Waals surface area contributed by atoms with Crippen LogP contribution >= 0.6 is 0 Å². The largest absolute Gasteiger partial charge is 0.381 e. The van der Waals surface area contributed by atoms with Crippen molar-refractivity contribution in [2.75, 3.05) is 25.1 Å². The molecule has 1 atom stereocenters. The van der Waals surface area contributed by atoms with Gasteiger partial charge in [0, 0.05) is 25.4 Å². The van der Waals surface area contributed by atoms with Crippen molar-refractivity contribution in [3.8, 4) is 0 Å². The Bertz CT molecular complexity index is 506. The molecule has 148 valence electrons. The normalized spacial score (nSPS) is 12.7. The Morgan fingerprint density at radius 3 is 2.38 bits per heavy atom. The van der Waals surface area contributed by atoms with Gasteiger partial charge in [-0.05, 0) is 41.9 Å². The van der Waals surface area contributed by atoms with E-state index in [4.69, 9.17) is 4.74 Å². The third kappa shape index (κ3) is 9.23. The second kappa shape index (κ2) is 11.9. The highest BCUT2D eigenvalue weighted by atomic mass is 16.5. The van der Waals surface area contributed by atoms with Crippen molar-refractivity contribution in [3.05, 3.63) is 29.8 Å². The zero-order valence-corrected chi connectivity index (χ0v) is 17.4. The summed E-state index contributed by atoms with van der Waals surface area (Å²) in [5, 5.41) is 5.75. The zero-order chi connectivity index (χ0) is 19.4. The highest BCUT2D eigenvalue weighted by molar-refractivity contribution is 5.89. The van der Waals surface area contributed by atoms with Crippen molar-refractivity contribution >= 4 is 11.7 Å². The van der Waals surface area contributed by atoms with E-state index in [1.54, 1.807) is 0 Å². The lowest BCUT2D eigenvalue weighted by Crippen LogP contribution is -2.30. The van der Waals surface area contributed by atoms with E-state index < -0.39 is 0 Å². The molecule has 2 N–H and O–H groups in total. The lowest BCUT2D eigenvalue weighted by atomic mass is 9.87. The highest BCUT2D eigenvalue weighted by Gasteiger charge is 2.13. The first-order valence-electron chi connectivity index (χ1n) is 10.1. The molecule has 0 aromatic heterocycles. The maximum Gasteiger partial charge on any atom is 0.319 e. The number of benzene rings is 1. The number of hydrogen-bond donors (Lipinski definition) is 2. The SMILES string of the molecule is CCCCC(CC)COCCCNC(=O)Nc1ccc(C(C)(C)C)cc1. The second-order valence-electron chi connectivity index (χ2n) is 8.05. The molecule has 0 heterocycles. The quantitative estimate of drug-likeness (QED) is 0.494. The average molecular weight is 363 g/mol. The predicted octanol–water partition coefficient (Wildman–Crippen LogP) is 5.73. The molecule has 0 radical (unpaired) electrons. The minimum Gasteiger partial charge on any atom is -0.381 e. The number of nitrogens with one attached hydrogen (secondary N) is 2. The van der Waals surface area contributed by atoms with Crippen molar-refractivity contribution in [3.63, 3.8) is 0 Å². The Morgan fingerprint density at radius 2 is 1.81 bits per heavy atom.